The van der Waals surface area contributed by atoms with Crippen LogP contribution in [0.2, 0.25) is 5.02 Å². The third-order valence-corrected chi connectivity index (χ3v) is 5.17. The van der Waals surface area contributed by atoms with Gasteiger partial charge in [0.25, 0.3) is 10.0 Å². The van der Waals surface area contributed by atoms with Crippen LogP contribution in [0.1, 0.15) is 16.7 Å². The van der Waals surface area contributed by atoms with E-state index in [1.807, 2.05) is 6.07 Å². The molecule has 21 heavy (non-hydrogen) atoms. The van der Waals surface area contributed by atoms with Gasteiger partial charge in [0.15, 0.2) is 0 Å². The van der Waals surface area contributed by atoms with Gasteiger partial charge in [0, 0.05) is 6.54 Å². The van der Waals surface area contributed by atoms with E-state index in [2.05, 4.69) is 4.72 Å². The van der Waals surface area contributed by atoms with E-state index in [4.69, 9.17) is 17.3 Å². The van der Waals surface area contributed by atoms with Crippen LogP contribution in [0.3, 0.4) is 0 Å². The highest BCUT2D eigenvalue weighted by atomic mass is 35.5. The fourth-order valence-corrected chi connectivity index (χ4v) is 3.89. The molecule has 2 aromatic rings. The summed E-state index contributed by atoms with van der Waals surface area (Å²) in [7, 11) is -3.71. The number of hydrogen-bond acceptors (Lipinski definition) is 3. The molecule has 0 radical (unpaired) electrons. The molecule has 2 rings (SSSR count). The summed E-state index contributed by atoms with van der Waals surface area (Å²) in [5, 5.41) is 0.367. The van der Waals surface area contributed by atoms with Crippen LogP contribution < -0.4 is 10.5 Å². The van der Waals surface area contributed by atoms with Crippen LogP contribution in [-0.4, -0.2) is 8.42 Å². The number of para-hydroxylation sites is 1. The highest BCUT2D eigenvalue weighted by Gasteiger charge is 2.20. The van der Waals surface area contributed by atoms with E-state index in [-0.39, 0.29) is 4.90 Å². The number of anilines is 1. The number of halogens is 1. The summed E-state index contributed by atoms with van der Waals surface area (Å²) < 4.78 is 27.7. The van der Waals surface area contributed by atoms with E-state index in [0.717, 1.165) is 11.1 Å². The van der Waals surface area contributed by atoms with Crippen LogP contribution >= 0.6 is 11.6 Å². The van der Waals surface area contributed by atoms with Gasteiger partial charge in [-0.25, -0.2) is 8.42 Å². The minimum absolute atomic E-state index is 0.213. The predicted octanol–water partition coefficient (Wildman–Crippen LogP) is 3.22. The minimum atomic E-state index is -3.71. The maximum absolute atomic E-state index is 12.6. The number of benzene rings is 2. The van der Waals surface area contributed by atoms with Gasteiger partial charge in [-0.3, -0.25) is 4.72 Å². The third-order valence-electron chi connectivity index (χ3n) is 3.36. The molecule has 0 saturated heterocycles. The highest BCUT2D eigenvalue weighted by Crippen LogP contribution is 2.29. The van der Waals surface area contributed by atoms with Crippen LogP contribution in [0.15, 0.2) is 41.3 Å². The number of nitrogens with one attached hydrogen (secondary N) is 1. The zero-order valence-electron chi connectivity index (χ0n) is 11.9. The van der Waals surface area contributed by atoms with Crippen LogP contribution in [-0.2, 0) is 16.6 Å². The van der Waals surface area contributed by atoms with Gasteiger partial charge in [0.05, 0.1) is 15.6 Å². The van der Waals surface area contributed by atoms with E-state index in [0.29, 0.717) is 22.8 Å². The van der Waals surface area contributed by atoms with Crippen molar-refractivity contribution in [2.45, 2.75) is 25.3 Å². The lowest BCUT2D eigenvalue weighted by Crippen LogP contribution is -2.16. The third kappa shape index (κ3) is 3.20. The van der Waals surface area contributed by atoms with Crippen molar-refractivity contribution >= 4 is 27.3 Å². The molecule has 0 amide bonds. The summed E-state index contributed by atoms with van der Waals surface area (Å²) in [6.07, 6.45) is 0. The average Bonchev–Trinajstić information content (AvgIpc) is 2.43. The van der Waals surface area contributed by atoms with Crippen molar-refractivity contribution in [3.05, 3.63) is 58.1 Å². The topological polar surface area (TPSA) is 72.2 Å². The zero-order chi connectivity index (χ0) is 15.6. The Morgan fingerprint density at radius 1 is 1.14 bits per heavy atom. The van der Waals surface area contributed by atoms with Gasteiger partial charge >= 0.3 is 0 Å². The second kappa shape index (κ2) is 6.05. The lowest BCUT2D eigenvalue weighted by atomic mass is 10.1. The maximum atomic E-state index is 12.6. The van der Waals surface area contributed by atoms with Gasteiger partial charge in [0.2, 0.25) is 0 Å². The van der Waals surface area contributed by atoms with Gasteiger partial charge in [0.1, 0.15) is 0 Å². The molecule has 0 aliphatic rings. The Morgan fingerprint density at radius 3 is 2.43 bits per heavy atom. The lowest BCUT2D eigenvalue weighted by Gasteiger charge is -2.15. The van der Waals surface area contributed by atoms with Crippen molar-refractivity contribution in [2.75, 3.05) is 4.72 Å². The molecule has 6 heteroatoms. The Balaban J connectivity index is 2.49. The molecule has 4 nitrogen and oxygen atoms in total. The Kier molecular flexibility index (Phi) is 4.56. The summed E-state index contributed by atoms with van der Waals surface area (Å²) >= 11 is 6.07. The molecule has 3 N–H and O–H groups in total. The quantitative estimate of drug-likeness (QED) is 0.907. The van der Waals surface area contributed by atoms with E-state index >= 15 is 0 Å². The molecule has 112 valence electrons. The second-order valence-electron chi connectivity index (χ2n) is 4.78. The Bertz CT molecular complexity index is 753. The van der Waals surface area contributed by atoms with E-state index in [1.165, 1.54) is 0 Å². The van der Waals surface area contributed by atoms with E-state index in [9.17, 15) is 8.42 Å². The number of hydrogen-bond donors (Lipinski definition) is 2. The summed E-state index contributed by atoms with van der Waals surface area (Å²) in [5.74, 6) is 0. The van der Waals surface area contributed by atoms with Crippen LogP contribution in [0, 0.1) is 13.8 Å². The Labute approximate surface area is 130 Å². The van der Waals surface area contributed by atoms with Crippen molar-refractivity contribution in [1.29, 1.82) is 0 Å². The highest BCUT2D eigenvalue weighted by molar-refractivity contribution is 7.92. The molecule has 0 spiro atoms. The van der Waals surface area contributed by atoms with E-state index < -0.39 is 10.0 Å². The van der Waals surface area contributed by atoms with Crippen LogP contribution in [0.4, 0.5) is 5.69 Å². The van der Waals surface area contributed by atoms with Gasteiger partial charge in [-0.05, 0) is 42.7 Å². The van der Waals surface area contributed by atoms with Crippen molar-refractivity contribution in [3.8, 4) is 0 Å². The molecule has 0 aliphatic heterocycles. The molecule has 0 aromatic heterocycles. The first kappa shape index (κ1) is 15.8. The molecular formula is C15H17ClN2O2S. The van der Waals surface area contributed by atoms with Crippen molar-refractivity contribution in [1.82, 2.24) is 0 Å². The normalized spacial score (nSPS) is 11.4. The number of rotatable bonds is 4. The monoisotopic (exact) mass is 324 g/mol. The fourth-order valence-electron chi connectivity index (χ4n) is 2.12. The number of aryl methyl sites for hydroxylation is 1. The summed E-state index contributed by atoms with van der Waals surface area (Å²) in [4.78, 5) is 0.213. The summed E-state index contributed by atoms with van der Waals surface area (Å²) in [6.45, 7) is 3.84. The molecular weight excluding hydrogens is 308 g/mol. The van der Waals surface area contributed by atoms with Crippen LogP contribution in [0.5, 0.6) is 0 Å². The molecule has 2 aromatic carbocycles. The Morgan fingerprint density at radius 2 is 1.81 bits per heavy atom. The molecule has 0 heterocycles. The average molecular weight is 325 g/mol. The molecule has 0 unspecified atom stereocenters. The van der Waals surface area contributed by atoms with Gasteiger partial charge in [-0.2, -0.15) is 0 Å². The predicted molar refractivity (Wildman–Crippen MR) is 86.1 cm³/mol. The minimum Gasteiger partial charge on any atom is -0.326 e. The zero-order valence-corrected chi connectivity index (χ0v) is 13.4. The standard InChI is InChI=1S/C15H17ClN2O2S/c1-10-5-3-7-13(16)15(10)18-21(19,20)14-8-4-6-12(9-17)11(14)2/h3-8,18H,9,17H2,1-2H3. The molecule has 0 atom stereocenters. The summed E-state index contributed by atoms with van der Waals surface area (Å²) in [5.41, 5.74) is 8.24. The van der Waals surface area contributed by atoms with Gasteiger partial charge in [-0.15, -0.1) is 0 Å². The fraction of sp³-hybridized carbons (Fsp3) is 0.200. The summed E-state index contributed by atoms with van der Waals surface area (Å²) in [6, 6.07) is 10.3. The number of sulfonamides is 1. The first-order valence-corrected chi connectivity index (χ1v) is 8.29. The van der Waals surface area contributed by atoms with Crippen molar-refractivity contribution in [2.24, 2.45) is 5.73 Å². The second-order valence-corrected chi connectivity index (χ2v) is 6.84. The first-order valence-electron chi connectivity index (χ1n) is 6.43. The lowest BCUT2D eigenvalue weighted by molar-refractivity contribution is 0.600. The molecule has 0 aliphatic carbocycles. The van der Waals surface area contributed by atoms with E-state index in [1.54, 1.807) is 44.2 Å². The van der Waals surface area contributed by atoms with Gasteiger partial charge in [-0.1, -0.05) is 35.9 Å². The first-order chi connectivity index (χ1) is 9.86. The van der Waals surface area contributed by atoms with Gasteiger partial charge < -0.3 is 5.73 Å². The SMILES string of the molecule is Cc1cccc(Cl)c1NS(=O)(=O)c1cccc(CN)c1C. The van der Waals surface area contributed by atoms with Crippen LogP contribution in [0.25, 0.3) is 0 Å². The largest absolute Gasteiger partial charge is 0.326 e. The molecule has 0 bridgehead atoms. The molecule has 0 saturated carbocycles. The number of nitrogens with two attached hydrogens (primary N) is 1. The maximum Gasteiger partial charge on any atom is 0.262 e. The van der Waals surface area contributed by atoms with Crippen molar-refractivity contribution < 1.29 is 8.42 Å². The Hall–Kier alpha value is -1.56. The molecule has 0 fully saturated rings. The van der Waals surface area contributed by atoms with Crippen molar-refractivity contribution in [3.63, 3.8) is 0 Å². The smallest absolute Gasteiger partial charge is 0.262 e.